The molecule has 0 spiro atoms. The van der Waals surface area contributed by atoms with Crippen LogP contribution in [0.25, 0.3) is 0 Å². The Hall–Kier alpha value is -1.18. The summed E-state index contributed by atoms with van der Waals surface area (Å²) in [5.74, 6) is 0.584. The van der Waals surface area contributed by atoms with Gasteiger partial charge in [0.15, 0.2) is 0 Å². The molecule has 1 N–H and O–H groups in total. The molecule has 7 heteroatoms. The molecule has 2 aliphatic heterocycles. The minimum Gasteiger partial charge on any atom is -0.349 e. The molecular formula is C12H20N4O2S. The summed E-state index contributed by atoms with van der Waals surface area (Å²) < 4.78 is 26.9. The molecule has 1 aromatic rings. The van der Waals surface area contributed by atoms with Crippen LogP contribution in [0, 0.1) is 0 Å². The first kappa shape index (κ1) is 14.2. The molecule has 2 aliphatic rings. The smallest absolute Gasteiger partial charge is 0.244 e. The molecule has 0 unspecified atom stereocenters. The lowest BCUT2D eigenvalue weighted by molar-refractivity contribution is 0.267. The molecule has 3 heterocycles. The van der Waals surface area contributed by atoms with Crippen molar-refractivity contribution < 1.29 is 8.42 Å². The molecule has 0 radical (unpaired) electrons. The van der Waals surface area contributed by atoms with Gasteiger partial charge in [-0.15, -0.1) is 0 Å². The molecule has 106 valence electrons. The molecular weight excluding hydrogens is 264 g/mol. The zero-order chi connectivity index (χ0) is 12.8. The topological polar surface area (TPSA) is 65.5 Å². The van der Waals surface area contributed by atoms with E-state index in [2.05, 4.69) is 26.6 Å². The fourth-order valence-electron chi connectivity index (χ4n) is 2.56. The number of rotatable bonds is 0. The van der Waals surface area contributed by atoms with E-state index in [1.54, 1.807) is 18.3 Å². The number of hydrogen-bond acceptors (Lipinski definition) is 5. The minimum atomic E-state index is -3.43. The van der Waals surface area contributed by atoms with Crippen LogP contribution < -0.4 is 9.62 Å². The Morgan fingerprint density at radius 1 is 1.42 bits per heavy atom. The van der Waals surface area contributed by atoms with Crippen molar-refractivity contribution in [3.05, 3.63) is 18.3 Å². The Kier molecular flexibility index (Phi) is 3.80. The van der Waals surface area contributed by atoms with E-state index >= 15 is 0 Å². The predicted octanol–water partition coefficient (Wildman–Crippen LogP) is 0.130. The van der Waals surface area contributed by atoms with Crippen LogP contribution in [0.15, 0.2) is 23.2 Å². The molecule has 1 fully saturated rings. The summed E-state index contributed by atoms with van der Waals surface area (Å²) in [6.07, 6.45) is 1.65. The number of aromatic nitrogens is 1. The lowest BCUT2D eigenvalue weighted by Gasteiger charge is -2.39. The number of piperazine rings is 1. The van der Waals surface area contributed by atoms with Gasteiger partial charge in [-0.25, -0.2) is 18.1 Å². The molecule has 0 bridgehead atoms. The highest BCUT2D eigenvalue weighted by Crippen LogP contribution is 2.28. The highest BCUT2D eigenvalue weighted by Gasteiger charge is 2.34. The van der Waals surface area contributed by atoms with E-state index in [-0.39, 0.29) is 18.4 Å². The fraction of sp³-hybridized carbons (Fsp3) is 0.583. The molecule has 1 atom stereocenters. The van der Waals surface area contributed by atoms with E-state index in [1.807, 2.05) is 0 Å². The van der Waals surface area contributed by atoms with E-state index in [1.165, 1.54) is 0 Å². The third-order valence-corrected chi connectivity index (χ3v) is 4.95. The molecule has 3 rings (SSSR count). The van der Waals surface area contributed by atoms with Crippen molar-refractivity contribution in [1.82, 2.24) is 14.6 Å². The summed E-state index contributed by atoms with van der Waals surface area (Å²) in [6, 6.07) is 3.43. The third kappa shape index (κ3) is 2.45. The van der Waals surface area contributed by atoms with Gasteiger partial charge in [-0.05, 0) is 19.2 Å². The van der Waals surface area contributed by atoms with Crippen LogP contribution >= 0.6 is 0 Å². The van der Waals surface area contributed by atoms with E-state index < -0.39 is 10.0 Å². The maximum atomic E-state index is 12.1. The van der Waals surface area contributed by atoms with Crippen molar-refractivity contribution >= 4 is 15.8 Å². The number of nitrogens with one attached hydrogen (secondary N) is 1. The number of anilines is 1. The van der Waals surface area contributed by atoms with Gasteiger partial charge in [0.1, 0.15) is 10.7 Å². The highest BCUT2D eigenvalue weighted by atomic mass is 32.2. The van der Waals surface area contributed by atoms with E-state index in [0.717, 1.165) is 19.6 Å². The maximum absolute atomic E-state index is 12.1. The van der Waals surface area contributed by atoms with E-state index in [0.29, 0.717) is 12.4 Å². The Labute approximate surface area is 114 Å². The minimum absolute atomic E-state index is 0. The van der Waals surface area contributed by atoms with Crippen LogP contribution in [0.5, 0.6) is 0 Å². The lowest BCUT2D eigenvalue weighted by Crippen LogP contribution is -2.55. The summed E-state index contributed by atoms with van der Waals surface area (Å²) in [7, 11) is -1.38. The van der Waals surface area contributed by atoms with Gasteiger partial charge in [-0.3, -0.25) is 0 Å². The number of hydrogen-bond donors (Lipinski definition) is 1. The predicted molar refractivity (Wildman–Crippen MR) is 74.8 cm³/mol. The van der Waals surface area contributed by atoms with Crippen molar-refractivity contribution in [3.63, 3.8) is 0 Å². The molecule has 1 saturated heterocycles. The Morgan fingerprint density at radius 2 is 2.21 bits per heavy atom. The molecule has 0 saturated carbocycles. The van der Waals surface area contributed by atoms with Gasteiger partial charge in [0.2, 0.25) is 10.0 Å². The number of nitrogens with zero attached hydrogens (tertiary/aromatic N) is 3. The first-order chi connectivity index (χ1) is 8.58. The Bertz CT molecular complexity index is 561. The number of pyridine rings is 1. The van der Waals surface area contributed by atoms with Crippen LogP contribution in [0.1, 0.15) is 7.43 Å². The number of sulfonamides is 1. The molecule has 0 amide bonds. The first-order valence-electron chi connectivity index (χ1n) is 5.98. The summed E-state index contributed by atoms with van der Waals surface area (Å²) in [6.45, 7) is 3.01. The van der Waals surface area contributed by atoms with Gasteiger partial charge in [-0.1, -0.05) is 7.43 Å². The van der Waals surface area contributed by atoms with Crippen molar-refractivity contribution in [2.75, 3.05) is 38.1 Å². The zero-order valence-electron chi connectivity index (χ0n) is 10.2. The summed E-state index contributed by atoms with van der Waals surface area (Å²) in [5, 5.41) is 0. The second-order valence-corrected chi connectivity index (χ2v) is 6.52. The monoisotopic (exact) mass is 284 g/mol. The molecule has 6 nitrogen and oxygen atoms in total. The van der Waals surface area contributed by atoms with Gasteiger partial charge in [-0.2, -0.15) is 0 Å². The van der Waals surface area contributed by atoms with E-state index in [9.17, 15) is 8.42 Å². The maximum Gasteiger partial charge on any atom is 0.244 e. The second kappa shape index (κ2) is 5.07. The van der Waals surface area contributed by atoms with Crippen LogP contribution in [-0.4, -0.2) is 57.6 Å². The average Bonchev–Trinajstić information content (AvgIpc) is 2.46. The lowest BCUT2D eigenvalue weighted by atomic mass is 10.1. The standard InChI is InChI=1S/C11H16N4O2S.CH4/c1-14-5-6-15-9(8-14)7-13-18(16,17)10-3-2-4-12-11(10)15;/h2-4,9,13H,5-8H2,1H3;1H4/t9-;/m0./s1. The van der Waals surface area contributed by atoms with Crippen molar-refractivity contribution in [1.29, 1.82) is 0 Å². The molecule has 1 aromatic heterocycles. The van der Waals surface area contributed by atoms with Crippen molar-refractivity contribution in [3.8, 4) is 0 Å². The molecule has 19 heavy (non-hydrogen) atoms. The zero-order valence-corrected chi connectivity index (χ0v) is 11.0. The van der Waals surface area contributed by atoms with Gasteiger partial charge >= 0.3 is 0 Å². The Morgan fingerprint density at radius 3 is 3.00 bits per heavy atom. The Balaban J connectivity index is 0.00000133. The summed E-state index contributed by atoms with van der Waals surface area (Å²) in [4.78, 5) is 8.88. The molecule has 0 aromatic carbocycles. The van der Waals surface area contributed by atoms with Crippen LogP contribution in [0.4, 0.5) is 5.82 Å². The van der Waals surface area contributed by atoms with Gasteiger partial charge in [0, 0.05) is 32.4 Å². The van der Waals surface area contributed by atoms with Crippen LogP contribution in [0.2, 0.25) is 0 Å². The van der Waals surface area contributed by atoms with Crippen LogP contribution in [0.3, 0.4) is 0 Å². The van der Waals surface area contributed by atoms with Crippen molar-refractivity contribution in [2.24, 2.45) is 0 Å². The normalized spacial score (nSPS) is 25.7. The largest absolute Gasteiger partial charge is 0.349 e. The average molecular weight is 284 g/mol. The van der Waals surface area contributed by atoms with Gasteiger partial charge in [0.25, 0.3) is 0 Å². The second-order valence-electron chi connectivity index (χ2n) is 4.79. The summed E-state index contributed by atoms with van der Waals surface area (Å²) >= 11 is 0. The number of likely N-dealkylation sites (N-methyl/N-ethyl adjacent to an activating group) is 1. The van der Waals surface area contributed by atoms with Crippen molar-refractivity contribution in [2.45, 2.75) is 18.4 Å². The van der Waals surface area contributed by atoms with Crippen LogP contribution in [-0.2, 0) is 10.0 Å². The SMILES string of the molecule is C.CN1CCN2c3ncccc3S(=O)(=O)NC[C@H]2C1. The quantitative estimate of drug-likeness (QED) is 0.733. The van der Waals surface area contributed by atoms with E-state index in [4.69, 9.17) is 0 Å². The summed E-state index contributed by atoms with van der Waals surface area (Å²) in [5.41, 5.74) is 0. The molecule has 0 aliphatic carbocycles. The third-order valence-electron chi connectivity index (χ3n) is 3.51. The van der Waals surface area contributed by atoms with Gasteiger partial charge in [0.05, 0.1) is 6.04 Å². The van der Waals surface area contributed by atoms with Gasteiger partial charge < -0.3 is 9.80 Å². The first-order valence-corrected chi connectivity index (χ1v) is 7.46. The number of fused-ring (bicyclic) bond motifs is 3. The fourth-order valence-corrected chi connectivity index (χ4v) is 3.79. The highest BCUT2D eigenvalue weighted by molar-refractivity contribution is 7.89.